The minimum atomic E-state index is -1.21. The number of nitrogens with zero attached hydrogens (tertiary/aromatic N) is 2. The standard InChI is InChI=1S/C17H18F2N2/c1-15(2)11-9(7-20)13(18)14(19)10(8-21)12(11)16(3,4)17(15,5)6/h1-6H3. The van der Waals surface area contributed by atoms with Crippen molar-refractivity contribution < 1.29 is 8.78 Å². The van der Waals surface area contributed by atoms with Crippen LogP contribution in [0.15, 0.2) is 0 Å². The van der Waals surface area contributed by atoms with Gasteiger partial charge in [0.05, 0.1) is 11.1 Å². The molecule has 0 radical (unpaired) electrons. The summed E-state index contributed by atoms with van der Waals surface area (Å²) in [7, 11) is 0. The lowest BCUT2D eigenvalue weighted by atomic mass is 9.59. The van der Waals surface area contributed by atoms with Gasteiger partial charge in [-0.05, 0) is 27.4 Å². The first-order chi connectivity index (χ1) is 9.46. The average Bonchev–Trinajstić information content (AvgIpc) is 2.49. The monoisotopic (exact) mass is 288 g/mol. The Balaban J connectivity index is 3.15. The molecule has 1 aromatic carbocycles. The van der Waals surface area contributed by atoms with Crippen molar-refractivity contribution in [2.75, 3.05) is 0 Å². The first-order valence-electron chi connectivity index (χ1n) is 6.83. The number of nitriles is 2. The van der Waals surface area contributed by atoms with E-state index < -0.39 is 22.5 Å². The topological polar surface area (TPSA) is 47.6 Å². The molecule has 0 spiro atoms. The van der Waals surface area contributed by atoms with Crippen molar-refractivity contribution in [2.45, 2.75) is 52.4 Å². The predicted molar refractivity (Wildman–Crippen MR) is 75.6 cm³/mol. The molecular weight excluding hydrogens is 270 g/mol. The van der Waals surface area contributed by atoms with E-state index in [0.29, 0.717) is 11.1 Å². The fourth-order valence-electron chi connectivity index (χ4n) is 3.56. The van der Waals surface area contributed by atoms with Gasteiger partial charge in [0.1, 0.15) is 12.1 Å². The summed E-state index contributed by atoms with van der Waals surface area (Å²) in [6.07, 6.45) is 0. The highest BCUT2D eigenvalue weighted by atomic mass is 19.2. The molecule has 0 atom stereocenters. The second-order valence-electron chi connectivity index (χ2n) is 7.23. The van der Waals surface area contributed by atoms with Gasteiger partial charge in [0.25, 0.3) is 0 Å². The van der Waals surface area contributed by atoms with Gasteiger partial charge >= 0.3 is 0 Å². The van der Waals surface area contributed by atoms with Crippen LogP contribution in [0.25, 0.3) is 0 Å². The zero-order chi connectivity index (χ0) is 16.4. The van der Waals surface area contributed by atoms with Gasteiger partial charge in [0, 0.05) is 0 Å². The lowest BCUT2D eigenvalue weighted by molar-refractivity contribution is 0.124. The van der Waals surface area contributed by atoms with E-state index in [4.69, 9.17) is 0 Å². The van der Waals surface area contributed by atoms with Crippen LogP contribution in [0.4, 0.5) is 8.78 Å². The number of benzene rings is 1. The second kappa shape index (κ2) is 4.04. The largest absolute Gasteiger partial charge is 0.202 e. The van der Waals surface area contributed by atoms with Crippen LogP contribution < -0.4 is 0 Å². The van der Waals surface area contributed by atoms with Crippen molar-refractivity contribution in [3.8, 4) is 12.1 Å². The molecule has 0 aliphatic heterocycles. The highest BCUT2D eigenvalue weighted by Crippen LogP contribution is 2.63. The van der Waals surface area contributed by atoms with E-state index >= 15 is 0 Å². The quantitative estimate of drug-likeness (QED) is 0.714. The van der Waals surface area contributed by atoms with Gasteiger partial charge in [-0.3, -0.25) is 0 Å². The zero-order valence-corrected chi connectivity index (χ0v) is 13.2. The molecule has 21 heavy (non-hydrogen) atoms. The van der Waals surface area contributed by atoms with Crippen LogP contribution >= 0.6 is 0 Å². The molecule has 0 unspecified atom stereocenters. The van der Waals surface area contributed by atoms with Crippen LogP contribution in [-0.4, -0.2) is 0 Å². The van der Waals surface area contributed by atoms with Gasteiger partial charge in [-0.25, -0.2) is 8.78 Å². The fraction of sp³-hybridized carbons (Fsp3) is 0.529. The SMILES string of the molecule is CC1(C)c2c(C#N)c(F)c(F)c(C#N)c2C(C)(C)C1(C)C. The zero-order valence-electron chi connectivity index (χ0n) is 13.2. The van der Waals surface area contributed by atoms with E-state index in [2.05, 4.69) is 0 Å². The van der Waals surface area contributed by atoms with Crippen LogP contribution in [0, 0.1) is 39.7 Å². The van der Waals surface area contributed by atoms with Crippen molar-refractivity contribution in [2.24, 2.45) is 5.41 Å². The van der Waals surface area contributed by atoms with E-state index in [1.54, 1.807) is 12.1 Å². The maximum atomic E-state index is 14.2. The third-order valence-electron chi connectivity index (χ3n) is 5.98. The highest BCUT2D eigenvalue weighted by molar-refractivity contribution is 5.63. The molecule has 2 rings (SSSR count). The molecule has 0 N–H and O–H groups in total. The minimum absolute atomic E-state index is 0.273. The van der Waals surface area contributed by atoms with E-state index in [1.807, 2.05) is 41.5 Å². The maximum absolute atomic E-state index is 14.2. The molecule has 110 valence electrons. The Morgan fingerprint density at radius 3 is 1.24 bits per heavy atom. The summed E-state index contributed by atoms with van der Waals surface area (Å²) >= 11 is 0. The van der Waals surface area contributed by atoms with Crippen LogP contribution in [0.3, 0.4) is 0 Å². The van der Waals surface area contributed by atoms with Crippen molar-refractivity contribution >= 4 is 0 Å². The molecule has 1 aromatic rings. The van der Waals surface area contributed by atoms with Gasteiger partial charge in [-0.15, -0.1) is 0 Å². The number of halogens is 2. The van der Waals surface area contributed by atoms with E-state index in [9.17, 15) is 19.3 Å². The molecule has 0 saturated carbocycles. The van der Waals surface area contributed by atoms with Crippen molar-refractivity contribution in [1.29, 1.82) is 10.5 Å². The summed E-state index contributed by atoms with van der Waals surface area (Å²) in [5.74, 6) is -2.43. The number of fused-ring (bicyclic) bond motifs is 1. The van der Waals surface area contributed by atoms with Crippen LogP contribution in [0.2, 0.25) is 0 Å². The molecule has 0 aromatic heterocycles. The summed E-state index contributed by atoms with van der Waals surface area (Å²) in [6.45, 7) is 11.7. The summed E-state index contributed by atoms with van der Waals surface area (Å²) in [4.78, 5) is 0. The molecule has 0 heterocycles. The van der Waals surface area contributed by atoms with Gasteiger partial charge in [0.15, 0.2) is 11.6 Å². The lowest BCUT2D eigenvalue weighted by Crippen LogP contribution is -2.42. The van der Waals surface area contributed by atoms with Crippen LogP contribution in [0.5, 0.6) is 0 Å². The molecule has 0 fully saturated rings. The molecular formula is C17H18F2N2. The minimum Gasteiger partial charge on any atom is -0.202 e. The Labute approximate surface area is 124 Å². The van der Waals surface area contributed by atoms with Gasteiger partial charge in [-0.2, -0.15) is 10.5 Å². The van der Waals surface area contributed by atoms with Gasteiger partial charge < -0.3 is 0 Å². The molecule has 2 nitrogen and oxygen atoms in total. The number of rotatable bonds is 0. The van der Waals surface area contributed by atoms with E-state index in [-0.39, 0.29) is 16.5 Å². The fourth-order valence-corrected chi connectivity index (χ4v) is 3.56. The van der Waals surface area contributed by atoms with E-state index in [1.165, 1.54) is 0 Å². The number of hydrogen-bond donors (Lipinski definition) is 0. The molecule has 1 aliphatic rings. The number of hydrogen-bond acceptors (Lipinski definition) is 2. The van der Waals surface area contributed by atoms with E-state index in [0.717, 1.165) is 0 Å². The molecule has 0 bridgehead atoms. The smallest absolute Gasteiger partial charge is 0.178 e. The summed E-state index contributed by atoms with van der Waals surface area (Å²) in [6, 6.07) is 3.59. The van der Waals surface area contributed by atoms with Gasteiger partial charge in [0.2, 0.25) is 0 Å². The lowest BCUT2D eigenvalue weighted by Gasteiger charge is -2.44. The van der Waals surface area contributed by atoms with Crippen LogP contribution in [-0.2, 0) is 10.8 Å². The predicted octanol–water partition coefficient (Wildman–Crippen LogP) is 4.30. The Morgan fingerprint density at radius 2 is 1.00 bits per heavy atom. The molecule has 1 aliphatic carbocycles. The second-order valence-corrected chi connectivity index (χ2v) is 7.23. The normalized spacial score (nSPS) is 20.5. The van der Waals surface area contributed by atoms with Crippen LogP contribution in [0.1, 0.15) is 63.8 Å². The third-order valence-corrected chi connectivity index (χ3v) is 5.98. The summed E-state index contributed by atoms with van der Waals surface area (Å²) < 4.78 is 28.4. The van der Waals surface area contributed by atoms with Gasteiger partial charge in [-0.1, -0.05) is 41.5 Å². The Hall–Kier alpha value is -1.94. The summed E-state index contributed by atoms with van der Waals surface area (Å²) in [5, 5.41) is 18.6. The summed E-state index contributed by atoms with van der Waals surface area (Å²) in [5.41, 5.74) is -1.10. The first-order valence-corrected chi connectivity index (χ1v) is 6.83. The van der Waals surface area contributed by atoms with Crippen molar-refractivity contribution in [3.05, 3.63) is 33.9 Å². The average molecular weight is 288 g/mol. The first kappa shape index (κ1) is 15.4. The highest BCUT2D eigenvalue weighted by Gasteiger charge is 2.59. The Kier molecular flexibility index (Phi) is 2.97. The maximum Gasteiger partial charge on any atom is 0.178 e. The molecule has 0 amide bonds. The van der Waals surface area contributed by atoms with Crippen molar-refractivity contribution in [3.63, 3.8) is 0 Å². The van der Waals surface area contributed by atoms with Crippen molar-refractivity contribution in [1.82, 2.24) is 0 Å². The Morgan fingerprint density at radius 1 is 0.714 bits per heavy atom. The molecule has 4 heteroatoms. The Bertz CT molecular complexity index is 668. The molecule has 0 saturated heterocycles. The third kappa shape index (κ3) is 1.48.